The minimum absolute atomic E-state index is 0.212. The number of anilines is 1. The molecule has 0 saturated carbocycles. The maximum absolute atomic E-state index is 10.0. The first kappa shape index (κ1) is 13.2. The van der Waals surface area contributed by atoms with Gasteiger partial charge in [-0.2, -0.15) is 0 Å². The van der Waals surface area contributed by atoms with Crippen LogP contribution in [0.25, 0.3) is 0 Å². The van der Waals surface area contributed by atoms with Crippen molar-refractivity contribution in [3.8, 4) is 5.75 Å². The molecular weight excluding hydrogens is 341 g/mol. The van der Waals surface area contributed by atoms with Crippen molar-refractivity contribution in [2.24, 2.45) is 0 Å². The molecule has 2 aromatic rings. The minimum Gasteiger partial charge on any atom is -0.489 e. The number of rotatable bonds is 4. The fourth-order valence-electron chi connectivity index (χ4n) is 1.59. The average Bonchev–Trinajstić information content (AvgIpc) is 2.37. The highest BCUT2D eigenvalue weighted by atomic mass is 127. The Morgan fingerprint density at radius 1 is 1.17 bits per heavy atom. The molecule has 0 bridgehead atoms. The normalized spacial score (nSPS) is 12.1. The van der Waals surface area contributed by atoms with E-state index >= 15 is 0 Å². The van der Waals surface area contributed by atoms with Crippen molar-refractivity contribution < 1.29 is 9.84 Å². The summed E-state index contributed by atoms with van der Waals surface area (Å²) in [5, 5.41) is 10.0. The number of hydrogen-bond acceptors (Lipinski definition) is 3. The van der Waals surface area contributed by atoms with Gasteiger partial charge in [0.05, 0.1) is 3.57 Å². The number of hydrogen-bond donors (Lipinski definition) is 2. The summed E-state index contributed by atoms with van der Waals surface area (Å²) in [6, 6.07) is 14.9. The lowest BCUT2D eigenvalue weighted by molar-refractivity contribution is 0.108. The van der Waals surface area contributed by atoms with E-state index in [0.717, 1.165) is 14.9 Å². The van der Waals surface area contributed by atoms with E-state index in [9.17, 15) is 5.11 Å². The third kappa shape index (κ3) is 3.36. The molecule has 0 fully saturated rings. The van der Waals surface area contributed by atoms with Crippen LogP contribution < -0.4 is 10.5 Å². The van der Waals surface area contributed by atoms with Gasteiger partial charge in [-0.05, 0) is 52.4 Å². The molecule has 3 N–H and O–H groups in total. The molecule has 1 unspecified atom stereocenters. The van der Waals surface area contributed by atoms with Gasteiger partial charge < -0.3 is 15.6 Å². The summed E-state index contributed by atoms with van der Waals surface area (Å²) in [6.45, 7) is 0.212. The molecule has 0 aliphatic rings. The van der Waals surface area contributed by atoms with Gasteiger partial charge in [0.25, 0.3) is 0 Å². The Hall–Kier alpha value is -1.27. The first-order valence-electron chi connectivity index (χ1n) is 5.57. The van der Waals surface area contributed by atoms with Crippen LogP contribution in [0.5, 0.6) is 5.75 Å². The Kier molecular flexibility index (Phi) is 4.43. The fraction of sp³-hybridized carbons (Fsp3) is 0.143. The van der Waals surface area contributed by atoms with E-state index in [-0.39, 0.29) is 6.61 Å². The summed E-state index contributed by atoms with van der Waals surface area (Å²) in [4.78, 5) is 0. The lowest BCUT2D eigenvalue weighted by atomic mass is 10.1. The Morgan fingerprint density at radius 3 is 2.67 bits per heavy atom. The average molecular weight is 355 g/mol. The van der Waals surface area contributed by atoms with Crippen molar-refractivity contribution in [1.82, 2.24) is 0 Å². The number of halogens is 1. The van der Waals surface area contributed by atoms with Gasteiger partial charge >= 0.3 is 0 Å². The Bertz CT molecular complexity index is 531. The van der Waals surface area contributed by atoms with Gasteiger partial charge in [-0.25, -0.2) is 0 Å². The van der Waals surface area contributed by atoms with Crippen LogP contribution >= 0.6 is 22.6 Å². The summed E-state index contributed by atoms with van der Waals surface area (Å²) >= 11 is 2.20. The van der Waals surface area contributed by atoms with Crippen molar-refractivity contribution in [1.29, 1.82) is 0 Å². The predicted octanol–water partition coefficient (Wildman–Crippen LogP) is 2.99. The van der Waals surface area contributed by atoms with Gasteiger partial charge in [0.1, 0.15) is 18.5 Å². The maximum atomic E-state index is 10.0. The SMILES string of the molecule is Nc1cccc(C(O)COc2ccccc2I)c1. The fourth-order valence-corrected chi connectivity index (χ4v) is 2.14. The molecule has 4 heteroatoms. The molecular formula is C14H14INO2. The molecule has 94 valence electrons. The van der Waals surface area contributed by atoms with E-state index in [1.54, 1.807) is 12.1 Å². The zero-order valence-corrected chi connectivity index (χ0v) is 11.9. The monoisotopic (exact) mass is 355 g/mol. The van der Waals surface area contributed by atoms with Crippen LogP contribution in [-0.2, 0) is 0 Å². The molecule has 0 aromatic heterocycles. The molecule has 3 nitrogen and oxygen atoms in total. The number of nitrogens with two attached hydrogens (primary N) is 1. The van der Waals surface area contributed by atoms with Gasteiger partial charge in [0, 0.05) is 5.69 Å². The van der Waals surface area contributed by atoms with Crippen molar-refractivity contribution in [2.75, 3.05) is 12.3 Å². The van der Waals surface area contributed by atoms with Gasteiger partial charge in [0.2, 0.25) is 0 Å². The van der Waals surface area contributed by atoms with E-state index in [1.807, 2.05) is 36.4 Å². The van der Waals surface area contributed by atoms with E-state index in [1.165, 1.54) is 0 Å². The predicted molar refractivity (Wildman–Crippen MR) is 80.5 cm³/mol. The molecule has 0 saturated heterocycles. The molecule has 2 aromatic carbocycles. The van der Waals surface area contributed by atoms with Crippen molar-refractivity contribution in [2.45, 2.75) is 6.10 Å². The zero-order chi connectivity index (χ0) is 13.0. The number of aliphatic hydroxyl groups excluding tert-OH is 1. The molecule has 0 aliphatic heterocycles. The summed E-state index contributed by atoms with van der Waals surface area (Å²) in [6.07, 6.45) is -0.676. The van der Waals surface area contributed by atoms with Gasteiger partial charge in [-0.3, -0.25) is 0 Å². The van der Waals surface area contributed by atoms with Gasteiger partial charge in [0.15, 0.2) is 0 Å². The highest BCUT2D eigenvalue weighted by molar-refractivity contribution is 14.1. The van der Waals surface area contributed by atoms with Gasteiger partial charge in [-0.15, -0.1) is 0 Å². The largest absolute Gasteiger partial charge is 0.489 e. The summed E-state index contributed by atoms with van der Waals surface area (Å²) in [5.74, 6) is 0.779. The second kappa shape index (κ2) is 6.06. The number of para-hydroxylation sites is 1. The smallest absolute Gasteiger partial charge is 0.132 e. The zero-order valence-electron chi connectivity index (χ0n) is 9.71. The van der Waals surface area contributed by atoms with Crippen LogP contribution in [0.2, 0.25) is 0 Å². The quantitative estimate of drug-likeness (QED) is 0.655. The third-order valence-corrected chi connectivity index (χ3v) is 3.42. The minimum atomic E-state index is -0.676. The number of aliphatic hydroxyl groups is 1. The van der Waals surface area contributed by atoms with Crippen LogP contribution in [0.4, 0.5) is 5.69 Å². The van der Waals surface area contributed by atoms with Crippen LogP contribution in [0.3, 0.4) is 0 Å². The second-order valence-corrected chi connectivity index (χ2v) is 5.09. The first-order chi connectivity index (χ1) is 8.66. The lowest BCUT2D eigenvalue weighted by Gasteiger charge is -2.14. The standard InChI is InChI=1S/C14H14INO2/c15-12-6-1-2-7-14(12)18-9-13(17)10-4-3-5-11(16)8-10/h1-8,13,17H,9,16H2. The topological polar surface area (TPSA) is 55.5 Å². The second-order valence-electron chi connectivity index (χ2n) is 3.93. The molecule has 0 amide bonds. The number of ether oxygens (including phenoxy) is 1. The third-order valence-electron chi connectivity index (χ3n) is 2.53. The molecule has 0 aliphatic carbocycles. The van der Waals surface area contributed by atoms with E-state index in [4.69, 9.17) is 10.5 Å². The first-order valence-corrected chi connectivity index (χ1v) is 6.65. The highest BCUT2D eigenvalue weighted by Crippen LogP contribution is 2.22. The lowest BCUT2D eigenvalue weighted by Crippen LogP contribution is -2.10. The molecule has 1 atom stereocenters. The van der Waals surface area contributed by atoms with E-state index in [0.29, 0.717) is 5.69 Å². The van der Waals surface area contributed by atoms with E-state index in [2.05, 4.69) is 22.6 Å². The number of benzene rings is 2. The van der Waals surface area contributed by atoms with Crippen LogP contribution in [0.1, 0.15) is 11.7 Å². The Morgan fingerprint density at radius 2 is 1.94 bits per heavy atom. The van der Waals surface area contributed by atoms with Gasteiger partial charge in [-0.1, -0.05) is 24.3 Å². The van der Waals surface area contributed by atoms with Crippen LogP contribution in [-0.4, -0.2) is 11.7 Å². The highest BCUT2D eigenvalue weighted by Gasteiger charge is 2.09. The maximum Gasteiger partial charge on any atom is 0.132 e. The van der Waals surface area contributed by atoms with Crippen LogP contribution in [0, 0.1) is 3.57 Å². The molecule has 0 heterocycles. The molecule has 0 radical (unpaired) electrons. The summed E-state index contributed by atoms with van der Waals surface area (Å²) < 4.78 is 6.62. The van der Waals surface area contributed by atoms with Crippen molar-refractivity contribution in [3.63, 3.8) is 0 Å². The molecule has 0 spiro atoms. The Labute approximate surface area is 120 Å². The Balaban J connectivity index is 2.00. The van der Waals surface area contributed by atoms with Crippen LogP contribution in [0.15, 0.2) is 48.5 Å². The molecule has 2 rings (SSSR count). The molecule has 18 heavy (non-hydrogen) atoms. The van der Waals surface area contributed by atoms with E-state index < -0.39 is 6.10 Å². The van der Waals surface area contributed by atoms with Crippen molar-refractivity contribution in [3.05, 3.63) is 57.7 Å². The summed E-state index contributed by atoms with van der Waals surface area (Å²) in [7, 11) is 0. The van der Waals surface area contributed by atoms with Crippen molar-refractivity contribution >= 4 is 28.3 Å². The number of nitrogen functional groups attached to an aromatic ring is 1. The summed E-state index contributed by atoms with van der Waals surface area (Å²) in [5.41, 5.74) is 7.08.